The maximum absolute atomic E-state index is 13.9. The van der Waals surface area contributed by atoms with Gasteiger partial charge in [0.2, 0.25) is 0 Å². The molecule has 0 saturated heterocycles. The highest BCUT2D eigenvalue weighted by Crippen LogP contribution is 2.42. The molecule has 0 saturated carbocycles. The highest BCUT2D eigenvalue weighted by atomic mass is 32.3. The van der Waals surface area contributed by atoms with Crippen LogP contribution in [-0.4, -0.2) is 71.3 Å². The van der Waals surface area contributed by atoms with Crippen molar-refractivity contribution in [3.05, 3.63) is 0 Å². The Labute approximate surface area is 151 Å². The van der Waals surface area contributed by atoms with Crippen molar-refractivity contribution in [3.8, 4) is 0 Å². The van der Waals surface area contributed by atoms with E-state index in [0.717, 1.165) is 7.11 Å². The van der Waals surface area contributed by atoms with Crippen LogP contribution in [0.15, 0.2) is 0 Å². The van der Waals surface area contributed by atoms with Gasteiger partial charge in [-0.1, -0.05) is 18.0 Å². The molecule has 0 heterocycles. The summed E-state index contributed by atoms with van der Waals surface area (Å²) >= 11 is 0. The fourth-order valence-electron chi connectivity index (χ4n) is 1.84. The van der Waals surface area contributed by atoms with Crippen molar-refractivity contribution in [2.45, 2.75) is 43.1 Å². The molecule has 0 spiro atoms. The Kier molecular flexibility index (Phi) is 8.52. The number of nitrogens with zero attached hydrogens (tertiary/aromatic N) is 1. The minimum atomic E-state index is -6.96. The van der Waals surface area contributed by atoms with Crippen LogP contribution in [0.2, 0.25) is 0 Å². The molecule has 1 unspecified atom stereocenters. The lowest BCUT2D eigenvalue weighted by Crippen LogP contribution is -2.56. The zero-order chi connectivity index (χ0) is 21.9. The van der Waals surface area contributed by atoms with E-state index in [1.54, 1.807) is 13.8 Å². The summed E-state index contributed by atoms with van der Waals surface area (Å²) in [6.07, 6.45) is -3.50. The number of nitrogens with one attached hydrogen (secondary N) is 1. The monoisotopic (exact) mass is 456 g/mol. The first-order valence-electron chi connectivity index (χ1n) is 7.23. The topological polar surface area (TPSA) is 92.8 Å². The first-order valence-corrected chi connectivity index (χ1v) is 10.2. The largest absolute Gasteiger partial charge is 0.512 e. The third-order valence-corrected chi connectivity index (χ3v) is 6.80. The van der Waals surface area contributed by atoms with Crippen molar-refractivity contribution < 1.29 is 52.3 Å². The van der Waals surface area contributed by atoms with Gasteiger partial charge in [0.25, 0.3) is 10.0 Å². The summed E-state index contributed by atoms with van der Waals surface area (Å²) < 4.78 is 140. The van der Waals surface area contributed by atoms with Gasteiger partial charge in [-0.3, -0.25) is 0 Å². The van der Waals surface area contributed by atoms with E-state index in [2.05, 4.69) is 4.74 Å². The SMILES string of the molecule is CCN(CC)CC(CC(F)(F)C(F)(F)S(=O)(=O)NS(=O)(=O)C(F)(F)F)OC. The lowest BCUT2D eigenvalue weighted by Gasteiger charge is -2.31. The molecule has 7 nitrogen and oxygen atoms in total. The summed E-state index contributed by atoms with van der Waals surface area (Å²) in [5.41, 5.74) is -6.30. The standard InChI is InChI=1S/C11H19F7N2O5S2/c1-4-20(5-2)7-8(25-3)6-9(12,13)10(14,15)26(21,22)19-27(23,24)11(16,17)18/h8,19H,4-7H2,1-3H3. The quantitative estimate of drug-likeness (QED) is 0.476. The summed E-state index contributed by atoms with van der Waals surface area (Å²) in [6.45, 7) is 3.59. The summed E-state index contributed by atoms with van der Waals surface area (Å²) in [5, 5.41) is -6.17. The molecule has 0 aliphatic heterocycles. The minimum absolute atomic E-state index is 0.302. The Morgan fingerprint density at radius 1 is 0.926 bits per heavy atom. The van der Waals surface area contributed by atoms with Crippen molar-refractivity contribution in [1.29, 1.82) is 0 Å². The van der Waals surface area contributed by atoms with Crippen molar-refractivity contribution in [2.75, 3.05) is 26.7 Å². The molecule has 0 radical (unpaired) electrons. The number of alkyl halides is 7. The molecule has 27 heavy (non-hydrogen) atoms. The van der Waals surface area contributed by atoms with E-state index in [9.17, 15) is 47.6 Å². The predicted molar refractivity (Wildman–Crippen MR) is 80.1 cm³/mol. The number of sulfonamides is 2. The number of hydrogen-bond donors (Lipinski definition) is 1. The number of halogens is 7. The molecule has 0 aliphatic carbocycles. The van der Waals surface area contributed by atoms with Gasteiger partial charge >= 0.3 is 26.7 Å². The summed E-state index contributed by atoms with van der Waals surface area (Å²) in [6, 6.07) is 0. The van der Waals surface area contributed by atoms with Crippen LogP contribution in [0.3, 0.4) is 0 Å². The second kappa shape index (κ2) is 8.75. The van der Waals surface area contributed by atoms with Crippen LogP contribution in [0.5, 0.6) is 0 Å². The van der Waals surface area contributed by atoms with E-state index in [0.29, 0.717) is 13.1 Å². The molecule has 164 valence electrons. The second-order valence-electron chi connectivity index (χ2n) is 5.30. The molecule has 0 aromatic rings. The Morgan fingerprint density at radius 3 is 1.70 bits per heavy atom. The molecule has 0 fully saturated rings. The number of ether oxygens (including phenoxy) is 1. The zero-order valence-electron chi connectivity index (χ0n) is 14.4. The first kappa shape index (κ1) is 26.3. The average molecular weight is 456 g/mol. The number of rotatable bonds is 11. The molecule has 0 amide bonds. The van der Waals surface area contributed by atoms with E-state index in [1.807, 2.05) is 0 Å². The molecular formula is C11H19F7N2O5S2. The minimum Gasteiger partial charge on any atom is -0.380 e. The van der Waals surface area contributed by atoms with Crippen LogP contribution in [0.25, 0.3) is 0 Å². The Balaban J connectivity index is 5.68. The maximum atomic E-state index is 13.9. The normalized spacial score (nSPS) is 16.0. The molecule has 1 atom stereocenters. The van der Waals surface area contributed by atoms with Crippen molar-refractivity contribution >= 4 is 20.0 Å². The molecule has 0 aliphatic rings. The lowest BCUT2D eigenvalue weighted by atomic mass is 10.1. The molecule has 0 aromatic carbocycles. The van der Waals surface area contributed by atoms with Crippen LogP contribution >= 0.6 is 0 Å². The van der Waals surface area contributed by atoms with Gasteiger partial charge in [0, 0.05) is 20.1 Å². The Bertz CT molecular complexity index is 690. The summed E-state index contributed by atoms with van der Waals surface area (Å²) in [4.78, 5) is 1.49. The van der Waals surface area contributed by atoms with Gasteiger partial charge in [0.1, 0.15) is 0 Å². The molecule has 0 bridgehead atoms. The van der Waals surface area contributed by atoms with Crippen LogP contribution < -0.4 is 4.13 Å². The summed E-state index contributed by atoms with van der Waals surface area (Å²) in [5.74, 6) is -5.44. The fraction of sp³-hybridized carbons (Fsp3) is 1.00. The Hall–Kier alpha value is -0.710. The average Bonchev–Trinajstić information content (AvgIpc) is 2.48. The van der Waals surface area contributed by atoms with Gasteiger partial charge in [-0.05, 0) is 13.1 Å². The van der Waals surface area contributed by atoms with E-state index in [1.165, 1.54) is 4.90 Å². The van der Waals surface area contributed by atoms with Crippen molar-refractivity contribution in [2.24, 2.45) is 0 Å². The number of methoxy groups -OCH3 is 1. The van der Waals surface area contributed by atoms with E-state index >= 15 is 0 Å². The molecule has 16 heteroatoms. The first-order chi connectivity index (χ1) is 11.9. The number of likely N-dealkylation sites (N-methyl/N-ethyl adjacent to an activating group) is 1. The highest BCUT2D eigenvalue weighted by Gasteiger charge is 2.68. The zero-order valence-corrected chi connectivity index (χ0v) is 16.0. The van der Waals surface area contributed by atoms with Gasteiger partial charge < -0.3 is 9.64 Å². The van der Waals surface area contributed by atoms with Crippen LogP contribution in [-0.2, 0) is 24.8 Å². The molecule has 0 rings (SSSR count). The third-order valence-electron chi connectivity index (χ3n) is 3.46. The number of hydrogen-bond acceptors (Lipinski definition) is 6. The smallest absolute Gasteiger partial charge is 0.380 e. The van der Waals surface area contributed by atoms with Crippen molar-refractivity contribution in [3.63, 3.8) is 0 Å². The molecule has 1 N–H and O–H groups in total. The third kappa shape index (κ3) is 6.13. The highest BCUT2D eigenvalue weighted by molar-refractivity contribution is 8.05. The van der Waals surface area contributed by atoms with E-state index in [4.69, 9.17) is 0 Å². The second-order valence-corrected chi connectivity index (χ2v) is 8.96. The predicted octanol–water partition coefficient (Wildman–Crippen LogP) is 1.73. The van der Waals surface area contributed by atoms with E-state index < -0.39 is 49.3 Å². The van der Waals surface area contributed by atoms with Gasteiger partial charge in [0.05, 0.1) is 6.10 Å². The van der Waals surface area contributed by atoms with Crippen LogP contribution in [0.4, 0.5) is 30.7 Å². The van der Waals surface area contributed by atoms with Gasteiger partial charge in [-0.15, -0.1) is 0 Å². The molecule has 0 aromatic heterocycles. The Morgan fingerprint density at radius 2 is 1.37 bits per heavy atom. The van der Waals surface area contributed by atoms with E-state index in [-0.39, 0.29) is 10.7 Å². The maximum Gasteiger partial charge on any atom is 0.512 e. The molecular weight excluding hydrogens is 437 g/mol. The van der Waals surface area contributed by atoms with Crippen LogP contribution in [0.1, 0.15) is 20.3 Å². The van der Waals surface area contributed by atoms with Crippen molar-refractivity contribution in [1.82, 2.24) is 9.03 Å². The van der Waals surface area contributed by atoms with Gasteiger partial charge in [0.15, 0.2) is 0 Å². The van der Waals surface area contributed by atoms with Gasteiger partial charge in [-0.2, -0.15) is 30.7 Å². The van der Waals surface area contributed by atoms with Crippen LogP contribution in [0, 0.1) is 0 Å². The summed E-state index contributed by atoms with van der Waals surface area (Å²) in [7, 11) is -12.9. The fourth-order valence-corrected chi connectivity index (χ4v) is 4.27. The van der Waals surface area contributed by atoms with Gasteiger partial charge in [-0.25, -0.2) is 16.8 Å². The lowest BCUT2D eigenvalue weighted by molar-refractivity contribution is -0.177.